The van der Waals surface area contributed by atoms with Crippen LogP contribution in [0.1, 0.15) is 27.5 Å². The third kappa shape index (κ3) is 4.38. The van der Waals surface area contributed by atoms with Gasteiger partial charge in [-0.2, -0.15) is 0 Å². The molecular weight excluding hydrogens is 412 g/mol. The van der Waals surface area contributed by atoms with Crippen LogP contribution < -0.4 is 26.8 Å². The van der Waals surface area contributed by atoms with E-state index in [0.717, 1.165) is 26.2 Å². The van der Waals surface area contributed by atoms with Crippen LogP contribution in [0, 0.1) is 0 Å². The summed E-state index contributed by atoms with van der Waals surface area (Å²) in [6, 6.07) is 27.0. The molecule has 1 saturated heterocycles. The number of benzene rings is 3. The van der Waals surface area contributed by atoms with Gasteiger partial charge in [0.1, 0.15) is 6.04 Å². The fraction of sp³-hybridized carbons (Fsp3) is 0.240. The summed E-state index contributed by atoms with van der Waals surface area (Å²) in [6.07, 6.45) is 0. The minimum Gasteiger partial charge on any atom is -1.00 e. The lowest BCUT2D eigenvalue weighted by molar-refractivity contribution is -0.929. The predicted molar refractivity (Wildman–Crippen MR) is 114 cm³/mol. The van der Waals surface area contributed by atoms with Crippen LogP contribution in [0.3, 0.4) is 0 Å². The molecule has 3 aromatic rings. The molecule has 2 aliphatic rings. The van der Waals surface area contributed by atoms with E-state index in [1.165, 1.54) is 16.0 Å². The zero-order chi connectivity index (χ0) is 20.3. The van der Waals surface area contributed by atoms with Gasteiger partial charge in [0.25, 0.3) is 5.91 Å². The molecular formula is C25H25ClN2O3. The van der Waals surface area contributed by atoms with Crippen molar-refractivity contribution in [2.24, 2.45) is 0 Å². The average molecular weight is 437 g/mol. The fourth-order valence-corrected chi connectivity index (χ4v) is 4.45. The van der Waals surface area contributed by atoms with Crippen LogP contribution in [-0.2, 0) is 0 Å². The molecule has 0 aliphatic carbocycles. The van der Waals surface area contributed by atoms with E-state index in [-0.39, 0.29) is 31.1 Å². The molecule has 2 heterocycles. The number of amides is 1. The highest BCUT2D eigenvalue weighted by Crippen LogP contribution is 2.32. The van der Waals surface area contributed by atoms with E-state index < -0.39 is 0 Å². The Morgan fingerprint density at radius 3 is 2.00 bits per heavy atom. The quantitative estimate of drug-likeness (QED) is 0.602. The molecule has 160 valence electrons. The second-order valence-corrected chi connectivity index (χ2v) is 7.77. The maximum absolute atomic E-state index is 13.0. The van der Waals surface area contributed by atoms with Gasteiger partial charge in [-0.05, 0) is 18.2 Å². The number of ether oxygens (including phenoxy) is 2. The highest BCUT2D eigenvalue weighted by atomic mass is 35.5. The minimum atomic E-state index is 0. The van der Waals surface area contributed by atoms with Crippen molar-refractivity contribution in [3.63, 3.8) is 0 Å². The Hall–Kier alpha value is -3.02. The summed E-state index contributed by atoms with van der Waals surface area (Å²) in [4.78, 5) is 16.5. The third-order valence-corrected chi connectivity index (χ3v) is 5.99. The van der Waals surface area contributed by atoms with Crippen LogP contribution in [0.15, 0.2) is 78.9 Å². The number of hydrogen-bond acceptors (Lipinski definition) is 3. The van der Waals surface area contributed by atoms with Crippen molar-refractivity contribution < 1.29 is 31.6 Å². The molecule has 5 nitrogen and oxygen atoms in total. The number of fused-ring (bicyclic) bond motifs is 1. The zero-order valence-electron chi connectivity index (χ0n) is 17.2. The van der Waals surface area contributed by atoms with Gasteiger partial charge in [-0.25, -0.2) is 0 Å². The Kier molecular flexibility index (Phi) is 6.44. The number of halogens is 1. The summed E-state index contributed by atoms with van der Waals surface area (Å²) in [5, 5.41) is 0. The average Bonchev–Trinajstić information content (AvgIpc) is 3.29. The molecule has 0 bridgehead atoms. The van der Waals surface area contributed by atoms with Gasteiger partial charge in [0.2, 0.25) is 6.79 Å². The van der Waals surface area contributed by atoms with Gasteiger partial charge < -0.3 is 31.7 Å². The first-order valence-corrected chi connectivity index (χ1v) is 10.4. The molecule has 2 aliphatic heterocycles. The number of quaternary nitrogens is 1. The first-order valence-electron chi connectivity index (χ1n) is 10.4. The second-order valence-electron chi connectivity index (χ2n) is 7.77. The third-order valence-electron chi connectivity index (χ3n) is 5.99. The summed E-state index contributed by atoms with van der Waals surface area (Å²) in [6.45, 7) is 3.50. The molecule has 0 saturated carbocycles. The number of carbonyl (C=O) groups excluding carboxylic acids is 1. The standard InChI is InChI=1S/C25H24N2O3.ClH/c28-25(21-11-12-22-23(17-21)30-18-29-22)27-15-13-26(14-16-27)24(19-7-3-1-4-8-19)20-9-5-2-6-10-20;/h1-12,17,24H,13-16,18H2;1H. The lowest BCUT2D eigenvalue weighted by Gasteiger charge is -2.37. The Labute approximate surface area is 188 Å². The van der Waals surface area contributed by atoms with Crippen LogP contribution in [0.4, 0.5) is 0 Å². The molecule has 1 N–H and O–H groups in total. The molecule has 0 unspecified atom stereocenters. The smallest absolute Gasteiger partial charge is 0.254 e. The normalized spacial score (nSPS) is 15.6. The van der Waals surface area contributed by atoms with Gasteiger partial charge in [0, 0.05) is 16.7 Å². The summed E-state index contributed by atoms with van der Waals surface area (Å²) in [7, 11) is 0. The number of carbonyl (C=O) groups is 1. The molecule has 0 atom stereocenters. The van der Waals surface area contributed by atoms with E-state index in [1.807, 2.05) is 17.0 Å². The molecule has 0 aromatic heterocycles. The van der Waals surface area contributed by atoms with E-state index in [1.54, 1.807) is 6.07 Å². The molecule has 6 heteroatoms. The number of hydrogen-bond donors (Lipinski definition) is 1. The molecule has 3 aromatic carbocycles. The largest absolute Gasteiger partial charge is 1.00 e. The van der Waals surface area contributed by atoms with Crippen molar-refractivity contribution in [2.45, 2.75) is 6.04 Å². The van der Waals surface area contributed by atoms with Gasteiger partial charge in [-0.3, -0.25) is 4.79 Å². The highest BCUT2D eigenvalue weighted by molar-refractivity contribution is 5.95. The highest BCUT2D eigenvalue weighted by Gasteiger charge is 2.32. The maximum atomic E-state index is 13.0. The van der Waals surface area contributed by atoms with Gasteiger partial charge >= 0.3 is 0 Å². The first-order chi connectivity index (χ1) is 14.8. The van der Waals surface area contributed by atoms with Crippen molar-refractivity contribution >= 4 is 5.91 Å². The summed E-state index contributed by atoms with van der Waals surface area (Å²) >= 11 is 0. The number of piperazine rings is 1. The van der Waals surface area contributed by atoms with Gasteiger partial charge in [-0.15, -0.1) is 0 Å². The lowest BCUT2D eigenvalue weighted by Crippen LogP contribution is -3.15. The predicted octanol–water partition coefficient (Wildman–Crippen LogP) is -0.450. The SMILES string of the molecule is O=C(c1ccc2c(c1)OCO2)N1CC[NH+](C(c2ccccc2)c2ccccc2)CC1.[Cl-]. The van der Waals surface area contributed by atoms with Gasteiger partial charge in [0.15, 0.2) is 11.5 Å². The van der Waals surface area contributed by atoms with E-state index in [2.05, 4.69) is 60.7 Å². The monoisotopic (exact) mass is 436 g/mol. The van der Waals surface area contributed by atoms with E-state index in [9.17, 15) is 4.79 Å². The Morgan fingerprint density at radius 1 is 0.806 bits per heavy atom. The molecule has 5 rings (SSSR count). The van der Waals surface area contributed by atoms with E-state index >= 15 is 0 Å². The van der Waals surface area contributed by atoms with Crippen LogP contribution in [0.25, 0.3) is 0 Å². The van der Waals surface area contributed by atoms with Gasteiger partial charge in [-0.1, -0.05) is 60.7 Å². The maximum Gasteiger partial charge on any atom is 0.254 e. The van der Waals surface area contributed by atoms with Crippen LogP contribution >= 0.6 is 0 Å². The Balaban J connectivity index is 0.00000231. The molecule has 1 amide bonds. The Morgan fingerprint density at radius 2 is 1.39 bits per heavy atom. The summed E-state index contributed by atoms with van der Waals surface area (Å²) in [5.41, 5.74) is 3.29. The minimum absolute atomic E-state index is 0. The second kappa shape index (κ2) is 9.41. The van der Waals surface area contributed by atoms with Crippen LogP contribution in [0.2, 0.25) is 0 Å². The topological polar surface area (TPSA) is 43.2 Å². The number of rotatable bonds is 4. The Bertz CT molecular complexity index is 982. The van der Waals surface area contributed by atoms with Crippen LogP contribution in [0.5, 0.6) is 11.5 Å². The van der Waals surface area contributed by atoms with E-state index in [0.29, 0.717) is 17.1 Å². The molecule has 0 radical (unpaired) electrons. The number of nitrogens with one attached hydrogen (secondary N) is 1. The zero-order valence-corrected chi connectivity index (χ0v) is 17.9. The van der Waals surface area contributed by atoms with Crippen LogP contribution in [-0.4, -0.2) is 43.8 Å². The lowest BCUT2D eigenvalue weighted by atomic mass is 9.96. The van der Waals surface area contributed by atoms with Gasteiger partial charge in [0.05, 0.1) is 26.2 Å². The van der Waals surface area contributed by atoms with Crippen molar-refractivity contribution in [2.75, 3.05) is 33.0 Å². The first kappa shape index (κ1) is 21.2. The number of nitrogens with zero attached hydrogens (tertiary/aromatic N) is 1. The van der Waals surface area contributed by atoms with E-state index in [4.69, 9.17) is 9.47 Å². The van der Waals surface area contributed by atoms with Crippen molar-refractivity contribution in [1.82, 2.24) is 4.90 Å². The van der Waals surface area contributed by atoms with Crippen molar-refractivity contribution in [3.8, 4) is 11.5 Å². The summed E-state index contributed by atoms with van der Waals surface area (Å²) < 4.78 is 10.8. The summed E-state index contributed by atoms with van der Waals surface area (Å²) in [5.74, 6) is 1.41. The fourth-order valence-electron chi connectivity index (χ4n) is 4.45. The molecule has 31 heavy (non-hydrogen) atoms. The molecule has 1 fully saturated rings. The molecule has 0 spiro atoms. The van der Waals surface area contributed by atoms with Crippen molar-refractivity contribution in [1.29, 1.82) is 0 Å². The van der Waals surface area contributed by atoms with Crippen molar-refractivity contribution in [3.05, 3.63) is 95.6 Å².